The van der Waals surface area contributed by atoms with E-state index in [0.29, 0.717) is 30.2 Å². The van der Waals surface area contributed by atoms with Crippen LogP contribution >= 0.6 is 11.6 Å². The third-order valence-electron chi connectivity index (χ3n) is 6.59. The smallest absolute Gasteiger partial charge is 0.255 e. The number of carbonyl (C=O) groups excluding carboxylic acids is 2. The van der Waals surface area contributed by atoms with Crippen molar-refractivity contribution >= 4 is 29.1 Å². The second-order valence-electron chi connectivity index (χ2n) is 9.52. The van der Waals surface area contributed by atoms with E-state index in [1.54, 1.807) is 0 Å². The molecule has 0 radical (unpaired) electrons. The Labute approximate surface area is 213 Å². The van der Waals surface area contributed by atoms with Crippen LogP contribution in [0.15, 0.2) is 67.0 Å². The quantitative estimate of drug-likeness (QED) is 0.408. The lowest BCUT2D eigenvalue weighted by atomic mass is 10.0. The molecule has 1 aliphatic heterocycles. The van der Waals surface area contributed by atoms with Gasteiger partial charge in [0.25, 0.3) is 5.91 Å². The Kier molecular flexibility index (Phi) is 8.29. The molecule has 3 aromatic rings. The lowest BCUT2D eigenvalue weighted by Crippen LogP contribution is -2.37. The predicted octanol–water partition coefficient (Wildman–Crippen LogP) is 6.73. The summed E-state index contributed by atoms with van der Waals surface area (Å²) in [5, 5.41) is 0.442. The van der Waals surface area contributed by atoms with Gasteiger partial charge in [0.1, 0.15) is 0 Å². The highest BCUT2D eigenvalue weighted by atomic mass is 35.5. The molecule has 0 saturated heterocycles. The van der Waals surface area contributed by atoms with Gasteiger partial charge in [0, 0.05) is 49.3 Å². The molecule has 0 unspecified atom stereocenters. The molecule has 0 N–H and O–H groups in total. The Bertz CT molecular complexity index is 1160. The molecule has 0 spiro atoms. The minimum atomic E-state index is -0.0914. The van der Waals surface area contributed by atoms with Gasteiger partial charge in [0.05, 0.1) is 10.6 Å². The van der Waals surface area contributed by atoms with Crippen molar-refractivity contribution in [3.63, 3.8) is 0 Å². The van der Waals surface area contributed by atoms with Crippen LogP contribution < -0.4 is 4.90 Å². The number of carbonyl (C=O) groups is 2. The van der Waals surface area contributed by atoms with Crippen LogP contribution in [0.3, 0.4) is 0 Å². The van der Waals surface area contributed by atoms with Gasteiger partial charge in [-0.3, -0.25) is 9.59 Å². The summed E-state index contributed by atoms with van der Waals surface area (Å²) < 4.78 is 1.97. The third-order valence-corrected chi connectivity index (χ3v) is 6.90. The first-order valence-electron chi connectivity index (χ1n) is 12.6. The highest BCUT2D eigenvalue weighted by molar-refractivity contribution is 6.34. The van der Waals surface area contributed by atoms with Crippen molar-refractivity contribution in [2.24, 2.45) is 5.92 Å². The van der Waals surface area contributed by atoms with Gasteiger partial charge in [-0.2, -0.15) is 0 Å². The second kappa shape index (κ2) is 11.6. The summed E-state index contributed by atoms with van der Waals surface area (Å²) in [6, 6.07) is 17.5. The van der Waals surface area contributed by atoms with E-state index in [9.17, 15) is 9.59 Å². The molecule has 0 fully saturated rings. The summed E-state index contributed by atoms with van der Waals surface area (Å²) in [6.45, 7) is 5.68. The fourth-order valence-corrected chi connectivity index (χ4v) is 4.90. The van der Waals surface area contributed by atoms with Crippen LogP contribution in [0, 0.1) is 5.92 Å². The minimum absolute atomic E-state index is 0.0809. The number of aromatic nitrogens is 1. The molecular weight excluding hydrogens is 458 g/mol. The normalized spacial score (nSPS) is 15.3. The largest absolute Gasteiger partial charge is 0.334 e. The maximum absolute atomic E-state index is 13.7. The van der Waals surface area contributed by atoms with Crippen molar-refractivity contribution in [1.29, 1.82) is 0 Å². The molecule has 0 aliphatic carbocycles. The van der Waals surface area contributed by atoms with E-state index in [1.165, 1.54) is 0 Å². The fourth-order valence-electron chi connectivity index (χ4n) is 4.64. The molecule has 1 aliphatic rings. The number of nitrogens with zero attached hydrogens (tertiary/aromatic N) is 3. The topological polar surface area (TPSA) is 45.6 Å². The molecule has 2 heterocycles. The highest BCUT2D eigenvalue weighted by Gasteiger charge is 2.24. The average molecular weight is 492 g/mol. The molecule has 0 atom stereocenters. The van der Waals surface area contributed by atoms with E-state index in [1.807, 2.05) is 95.2 Å². The van der Waals surface area contributed by atoms with E-state index >= 15 is 0 Å². The molecule has 35 heavy (non-hydrogen) atoms. The third kappa shape index (κ3) is 5.96. The summed E-state index contributed by atoms with van der Waals surface area (Å²) in [5.41, 5.74) is 3.30. The Balaban J connectivity index is 1.66. The number of fused-ring (bicyclic) bond motifs is 1. The van der Waals surface area contributed by atoms with Crippen molar-refractivity contribution < 1.29 is 9.59 Å². The zero-order valence-corrected chi connectivity index (χ0v) is 21.4. The molecule has 5 nitrogen and oxygen atoms in total. The van der Waals surface area contributed by atoms with Gasteiger partial charge < -0.3 is 14.4 Å². The Morgan fingerprint density at radius 1 is 0.857 bits per heavy atom. The molecule has 1 aromatic heterocycles. The van der Waals surface area contributed by atoms with Crippen LogP contribution in [0.25, 0.3) is 5.69 Å². The Morgan fingerprint density at radius 3 is 2.26 bits per heavy atom. The number of halogens is 1. The Morgan fingerprint density at radius 2 is 1.54 bits per heavy atom. The van der Waals surface area contributed by atoms with Gasteiger partial charge in [-0.25, -0.2) is 0 Å². The van der Waals surface area contributed by atoms with E-state index in [-0.39, 0.29) is 17.7 Å². The van der Waals surface area contributed by atoms with Gasteiger partial charge in [-0.1, -0.05) is 62.9 Å². The predicted molar refractivity (Wildman–Crippen MR) is 142 cm³/mol. The number of amides is 2. The lowest BCUT2D eigenvalue weighted by molar-refractivity contribution is -0.121. The lowest BCUT2D eigenvalue weighted by Gasteiger charge is -2.30. The van der Waals surface area contributed by atoms with Crippen molar-refractivity contribution in [3.05, 3.63) is 83.1 Å². The number of para-hydroxylation sites is 1. The van der Waals surface area contributed by atoms with Crippen LogP contribution in [0.1, 0.15) is 61.9 Å². The Hall–Kier alpha value is -3.05. The van der Waals surface area contributed by atoms with Crippen LogP contribution in [0.4, 0.5) is 5.69 Å². The summed E-state index contributed by atoms with van der Waals surface area (Å²) >= 11 is 6.63. The SMILES string of the molecule is CC(C)C(=O)N1CCCCCCCN(C(=O)c2ccc(-n3cccc3)cc2Cl)Cc2ccccc21. The zero-order chi connectivity index (χ0) is 24.8. The van der Waals surface area contributed by atoms with Crippen molar-refractivity contribution in [1.82, 2.24) is 9.47 Å². The molecule has 0 bridgehead atoms. The number of benzene rings is 2. The fraction of sp³-hybridized carbons (Fsp3) is 0.379. The van der Waals surface area contributed by atoms with Crippen LogP contribution in [-0.2, 0) is 11.3 Å². The summed E-state index contributed by atoms with van der Waals surface area (Å²) in [5.74, 6) is -0.0509. The van der Waals surface area contributed by atoms with Crippen LogP contribution in [0.2, 0.25) is 5.02 Å². The molecule has 184 valence electrons. The maximum Gasteiger partial charge on any atom is 0.255 e. The van der Waals surface area contributed by atoms with Gasteiger partial charge in [-0.15, -0.1) is 0 Å². The summed E-state index contributed by atoms with van der Waals surface area (Å²) in [6.07, 6.45) is 9.06. The maximum atomic E-state index is 13.7. The van der Waals surface area contributed by atoms with Gasteiger partial charge in [0.15, 0.2) is 0 Å². The van der Waals surface area contributed by atoms with Crippen LogP contribution in [0.5, 0.6) is 0 Å². The van der Waals surface area contributed by atoms with Crippen LogP contribution in [-0.4, -0.2) is 34.4 Å². The van der Waals surface area contributed by atoms with Crippen molar-refractivity contribution in [3.8, 4) is 5.69 Å². The monoisotopic (exact) mass is 491 g/mol. The first kappa shape index (κ1) is 25.1. The highest BCUT2D eigenvalue weighted by Crippen LogP contribution is 2.28. The molecular formula is C29H34ClN3O2. The minimum Gasteiger partial charge on any atom is -0.334 e. The number of hydrogen-bond acceptors (Lipinski definition) is 2. The molecule has 6 heteroatoms. The number of rotatable bonds is 3. The summed E-state index contributed by atoms with van der Waals surface area (Å²) in [4.78, 5) is 30.6. The van der Waals surface area contributed by atoms with Gasteiger partial charge in [0.2, 0.25) is 5.91 Å². The first-order chi connectivity index (χ1) is 17.0. The van der Waals surface area contributed by atoms with E-state index < -0.39 is 0 Å². The molecule has 2 amide bonds. The second-order valence-corrected chi connectivity index (χ2v) is 9.93. The standard InChI is InChI=1S/C29H34ClN3O2/c1-22(2)28(34)33-19-9-5-3-4-8-18-32(21-23-12-6-7-13-27(23)33)29(35)25-15-14-24(20-26(25)30)31-16-10-11-17-31/h6-7,10-17,20,22H,3-5,8-9,18-19,21H2,1-2H3. The summed E-state index contributed by atoms with van der Waals surface area (Å²) in [7, 11) is 0. The average Bonchev–Trinajstić information content (AvgIpc) is 3.39. The molecule has 2 aromatic carbocycles. The zero-order valence-electron chi connectivity index (χ0n) is 20.6. The van der Waals surface area contributed by atoms with E-state index in [4.69, 9.17) is 11.6 Å². The van der Waals surface area contributed by atoms with Gasteiger partial charge in [-0.05, 0) is 54.8 Å². The number of anilines is 1. The van der Waals surface area contributed by atoms with E-state index in [0.717, 1.165) is 49.0 Å². The van der Waals surface area contributed by atoms with Crippen molar-refractivity contribution in [2.75, 3.05) is 18.0 Å². The van der Waals surface area contributed by atoms with Crippen molar-refractivity contribution in [2.45, 2.75) is 52.5 Å². The van der Waals surface area contributed by atoms with E-state index in [2.05, 4.69) is 0 Å². The number of hydrogen-bond donors (Lipinski definition) is 0. The molecule has 4 rings (SSSR count). The first-order valence-corrected chi connectivity index (χ1v) is 12.9. The van der Waals surface area contributed by atoms with Gasteiger partial charge >= 0.3 is 0 Å². The molecule has 0 saturated carbocycles.